The third kappa shape index (κ3) is 3.11. The summed E-state index contributed by atoms with van der Waals surface area (Å²) >= 11 is 0. The van der Waals surface area contributed by atoms with Gasteiger partial charge in [-0.15, -0.1) is 0 Å². The lowest BCUT2D eigenvalue weighted by Crippen LogP contribution is -2.05. The molecule has 1 rings (SSSR count). The molecule has 0 amide bonds. The van der Waals surface area contributed by atoms with Crippen molar-refractivity contribution in [3.8, 4) is 6.07 Å². The summed E-state index contributed by atoms with van der Waals surface area (Å²) in [4.78, 5) is 10.3. The van der Waals surface area contributed by atoms with Gasteiger partial charge in [0.15, 0.2) is 0 Å². The van der Waals surface area contributed by atoms with E-state index < -0.39 is 10.7 Å². The van der Waals surface area contributed by atoms with Crippen LogP contribution in [0.25, 0.3) is 6.08 Å². The van der Waals surface area contributed by atoms with Gasteiger partial charge in [-0.2, -0.15) is 5.26 Å². The van der Waals surface area contributed by atoms with Crippen LogP contribution in [0.5, 0.6) is 0 Å². The van der Waals surface area contributed by atoms with E-state index in [1.807, 2.05) is 0 Å². The Balaban J connectivity index is 3.22. The number of rotatable bonds is 3. The van der Waals surface area contributed by atoms with E-state index in [-0.39, 0.29) is 17.2 Å². The Hall–Kier alpha value is -2.22. The molecule has 1 aromatic carbocycles. The van der Waals surface area contributed by atoms with Crippen molar-refractivity contribution < 1.29 is 9.31 Å². The second-order valence-electron chi connectivity index (χ2n) is 3.83. The Labute approximate surface area is 98.1 Å². The molecule has 17 heavy (non-hydrogen) atoms. The molecule has 0 atom stereocenters. The van der Waals surface area contributed by atoms with Crippen LogP contribution in [0.2, 0.25) is 0 Å². The number of hydrogen-bond donors (Lipinski definition) is 0. The third-order valence-corrected chi connectivity index (χ3v) is 2.23. The zero-order valence-electron chi connectivity index (χ0n) is 9.48. The lowest BCUT2D eigenvalue weighted by molar-refractivity contribution is -0.431. The molecule has 0 saturated heterocycles. The molecule has 4 nitrogen and oxygen atoms in total. The van der Waals surface area contributed by atoms with Crippen LogP contribution in [-0.2, 0) is 0 Å². The van der Waals surface area contributed by atoms with Crippen LogP contribution < -0.4 is 0 Å². The average Bonchev–Trinajstić information content (AvgIpc) is 2.26. The lowest BCUT2D eigenvalue weighted by atomic mass is 10.1. The van der Waals surface area contributed by atoms with Crippen molar-refractivity contribution in [3.05, 3.63) is 51.0 Å². The number of allylic oxidation sites excluding steroid dienone is 1. The number of nitro groups is 1. The van der Waals surface area contributed by atoms with Gasteiger partial charge in [-0.3, -0.25) is 10.1 Å². The molecule has 0 N–H and O–H groups in total. The fourth-order valence-corrected chi connectivity index (χ4v) is 1.32. The van der Waals surface area contributed by atoms with E-state index in [1.165, 1.54) is 18.2 Å². The first-order valence-electron chi connectivity index (χ1n) is 5.01. The van der Waals surface area contributed by atoms with Crippen molar-refractivity contribution in [1.29, 1.82) is 5.26 Å². The zero-order chi connectivity index (χ0) is 13.0. The number of benzene rings is 1. The maximum atomic E-state index is 13.0. The van der Waals surface area contributed by atoms with Crippen LogP contribution in [-0.4, -0.2) is 4.92 Å². The number of nitrogens with zero attached hydrogens (tertiary/aromatic N) is 2. The minimum atomic E-state index is -0.628. The molecule has 0 aliphatic carbocycles. The number of hydrogen-bond acceptors (Lipinski definition) is 3. The van der Waals surface area contributed by atoms with Crippen LogP contribution in [0.15, 0.2) is 23.9 Å². The van der Waals surface area contributed by atoms with Crippen LogP contribution >= 0.6 is 0 Å². The fraction of sp³-hybridized carbons (Fsp3) is 0.250. The van der Waals surface area contributed by atoms with E-state index in [2.05, 4.69) is 0 Å². The van der Waals surface area contributed by atoms with Crippen molar-refractivity contribution in [2.24, 2.45) is 5.92 Å². The van der Waals surface area contributed by atoms with E-state index in [0.717, 1.165) is 6.07 Å². The maximum absolute atomic E-state index is 13.0. The van der Waals surface area contributed by atoms with Gasteiger partial charge in [-0.05, 0) is 17.7 Å². The van der Waals surface area contributed by atoms with Crippen molar-refractivity contribution in [2.45, 2.75) is 13.8 Å². The monoisotopic (exact) mass is 234 g/mol. The molecule has 0 unspecified atom stereocenters. The van der Waals surface area contributed by atoms with Gasteiger partial charge >= 0.3 is 0 Å². The highest BCUT2D eigenvalue weighted by molar-refractivity contribution is 5.54. The van der Waals surface area contributed by atoms with Crippen LogP contribution in [0, 0.1) is 33.2 Å². The number of nitriles is 1. The first-order valence-corrected chi connectivity index (χ1v) is 5.01. The molecule has 5 heteroatoms. The summed E-state index contributed by atoms with van der Waals surface area (Å²) < 4.78 is 13.0. The highest BCUT2D eigenvalue weighted by Crippen LogP contribution is 2.17. The predicted octanol–water partition coefficient (Wildman–Crippen LogP) is 2.97. The molecule has 0 bridgehead atoms. The molecule has 0 spiro atoms. The normalized spacial score (nSPS) is 11.4. The number of halogens is 1. The van der Waals surface area contributed by atoms with E-state index in [0.29, 0.717) is 5.56 Å². The summed E-state index contributed by atoms with van der Waals surface area (Å²) in [5.74, 6) is -0.877. The maximum Gasteiger partial charge on any atom is 0.249 e. The van der Waals surface area contributed by atoms with Gasteiger partial charge in [0, 0.05) is 12.0 Å². The summed E-state index contributed by atoms with van der Waals surface area (Å²) in [5, 5.41) is 19.4. The van der Waals surface area contributed by atoms with Crippen molar-refractivity contribution in [3.63, 3.8) is 0 Å². The highest BCUT2D eigenvalue weighted by atomic mass is 19.1. The minimum Gasteiger partial charge on any atom is -0.259 e. The Morgan fingerprint density at radius 1 is 1.59 bits per heavy atom. The topological polar surface area (TPSA) is 66.9 Å². The van der Waals surface area contributed by atoms with E-state index >= 15 is 0 Å². The Bertz CT molecular complexity index is 516. The van der Waals surface area contributed by atoms with E-state index in [9.17, 15) is 14.5 Å². The molecule has 0 aliphatic heterocycles. The van der Waals surface area contributed by atoms with Gasteiger partial charge in [0.05, 0.1) is 10.5 Å². The van der Waals surface area contributed by atoms with Crippen molar-refractivity contribution in [1.82, 2.24) is 0 Å². The summed E-state index contributed by atoms with van der Waals surface area (Å²) in [6, 6.07) is 5.52. The predicted molar refractivity (Wildman–Crippen MR) is 60.9 cm³/mol. The molecule has 0 aromatic heterocycles. The summed E-state index contributed by atoms with van der Waals surface area (Å²) in [6.07, 6.45) is 1.35. The molecule has 0 radical (unpaired) electrons. The van der Waals surface area contributed by atoms with Gasteiger partial charge in [-0.1, -0.05) is 19.9 Å². The Morgan fingerprint density at radius 2 is 2.24 bits per heavy atom. The lowest BCUT2D eigenvalue weighted by Gasteiger charge is -2.02. The minimum absolute atomic E-state index is 0.0282. The van der Waals surface area contributed by atoms with Gasteiger partial charge in [-0.25, -0.2) is 4.39 Å². The van der Waals surface area contributed by atoms with E-state index in [1.54, 1.807) is 19.9 Å². The summed E-state index contributed by atoms with van der Waals surface area (Å²) in [5.41, 5.74) is 0.356. The Kier molecular flexibility index (Phi) is 3.94. The third-order valence-electron chi connectivity index (χ3n) is 2.23. The molecule has 1 aromatic rings. The summed E-state index contributed by atoms with van der Waals surface area (Å²) in [6.45, 7) is 3.40. The Morgan fingerprint density at radius 3 is 2.71 bits per heavy atom. The smallest absolute Gasteiger partial charge is 0.249 e. The van der Waals surface area contributed by atoms with Crippen LogP contribution in [0.3, 0.4) is 0 Å². The molecule has 0 saturated carbocycles. The quantitative estimate of drug-likeness (QED) is 0.596. The first kappa shape index (κ1) is 12.8. The van der Waals surface area contributed by atoms with Gasteiger partial charge < -0.3 is 0 Å². The second kappa shape index (κ2) is 5.21. The standard InChI is InChI=1S/C12H11FN2O2/c1-8(2)12(15(16)17)6-9-3-4-11(13)10(5-9)7-14/h3-6,8H,1-2H3/b12-6-. The molecular formula is C12H11FN2O2. The highest BCUT2D eigenvalue weighted by Gasteiger charge is 2.15. The van der Waals surface area contributed by atoms with E-state index in [4.69, 9.17) is 5.26 Å². The molecule has 88 valence electrons. The first-order chi connectivity index (χ1) is 7.95. The SMILES string of the molecule is CC(C)/C(=C/c1ccc(F)c(C#N)c1)[N+](=O)[O-]. The molecular weight excluding hydrogens is 223 g/mol. The van der Waals surface area contributed by atoms with Crippen LogP contribution in [0.4, 0.5) is 4.39 Å². The zero-order valence-corrected chi connectivity index (χ0v) is 9.48. The largest absolute Gasteiger partial charge is 0.259 e. The molecule has 0 aliphatic rings. The molecule has 0 heterocycles. The van der Waals surface area contributed by atoms with Gasteiger partial charge in [0.1, 0.15) is 11.9 Å². The summed E-state index contributed by atoms with van der Waals surface area (Å²) in [7, 11) is 0. The second-order valence-corrected chi connectivity index (χ2v) is 3.83. The fourth-order valence-electron chi connectivity index (χ4n) is 1.32. The van der Waals surface area contributed by atoms with Crippen molar-refractivity contribution in [2.75, 3.05) is 0 Å². The van der Waals surface area contributed by atoms with Gasteiger partial charge in [0.25, 0.3) is 0 Å². The average molecular weight is 234 g/mol. The van der Waals surface area contributed by atoms with Crippen molar-refractivity contribution >= 4 is 6.08 Å². The van der Waals surface area contributed by atoms with Gasteiger partial charge in [0.2, 0.25) is 5.70 Å². The van der Waals surface area contributed by atoms with Crippen LogP contribution in [0.1, 0.15) is 25.0 Å². The molecule has 0 fully saturated rings.